The van der Waals surface area contributed by atoms with E-state index >= 15 is 0 Å². The first kappa shape index (κ1) is 22.9. The van der Waals surface area contributed by atoms with Crippen LogP contribution in [0.15, 0.2) is 36.4 Å². The number of carbonyl (C=O) groups is 1. The summed E-state index contributed by atoms with van der Waals surface area (Å²) in [4.78, 5) is 19.6. The van der Waals surface area contributed by atoms with Crippen LogP contribution in [-0.2, 0) is 4.79 Å². The summed E-state index contributed by atoms with van der Waals surface area (Å²) >= 11 is 8.10. The van der Waals surface area contributed by atoms with Crippen molar-refractivity contribution in [2.45, 2.75) is 27.2 Å². The van der Waals surface area contributed by atoms with Crippen LogP contribution in [0, 0.1) is 6.92 Å². The third-order valence-corrected chi connectivity index (χ3v) is 5.99. The van der Waals surface area contributed by atoms with E-state index in [0.717, 1.165) is 39.9 Å². The van der Waals surface area contributed by atoms with Crippen LogP contribution in [0.5, 0.6) is 11.5 Å². The van der Waals surface area contributed by atoms with Gasteiger partial charge in [0.15, 0.2) is 5.13 Å². The summed E-state index contributed by atoms with van der Waals surface area (Å²) in [5.74, 6) is 1.29. The van der Waals surface area contributed by atoms with E-state index in [1.54, 1.807) is 31.6 Å². The summed E-state index contributed by atoms with van der Waals surface area (Å²) in [6.45, 7) is 6.37. The molecule has 0 atom stereocenters. The van der Waals surface area contributed by atoms with E-state index in [0.29, 0.717) is 22.2 Å². The third-order valence-electron chi connectivity index (χ3n) is 4.68. The molecule has 0 radical (unpaired) electrons. The highest BCUT2D eigenvalue weighted by Crippen LogP contribution is 2.42. The van der Waals surface area contributed by atoms with Crippen LogP contribution >= 0.6 is 22.9 Å². The number of halogens is 1. The van der Waals surface area contributed by atoms with Gasteiger partial charge in [0, 0.05) is 29.6 Å². The van der Waals surface area contributed by atoms with Gasteiger partial charge in [0.2, 0.25) is 5.91 Å². The van der Waals surface area contributed by atoms with Crippen LogP contribution in [0.1, 0.15) is 25.1 Å². The fourth-order valence-electron chi connectivity index (χ4n) is 3.29. The number of nitrogens with one attached hydrogen (secondary N) is 1. The molecule has 1 heterocycles. The maximum absolute atomic E-state index is 11.5. The third kappa shape index (κ3) is 5.11. The van der Waals surface area contributed by atoms with Crippen LogP contribution in [0.2, 0.25) is 5.02 Å². The quantitative estimate of drug-likeness (QED) is 0.428. The van der Waals surface area contributed by atoms with Gasteiger partial charge in [-0.2, -0.15) is 0 Å². The van der Waals surface area contributed by atoms with Crippen LogP contribution in [0.25, 0.3) is 11.3 Å². The first-order chi connectivity index (χ1) is 14.9. The smallest absolute Gasteiger partial charge is 0.221 e. The molecule has 3 aromatic rings. The predicted octanol–water partition coefficient (Wildman–Crippen LogP) is 6.30. The molecule has 0 bridgehead atoms. The molecule has 6 nitrogen and oxygen atoms in total. The summed E-state index contributed by atoms with van der Waals surface area (Å²) in [6.07, 6.45) is 0.908. The lowest BCUT2D eigenvalue weighted by Crippen LogP contribution is -2.19. The van der Waals surface area contributed by atoms with Crippen molar-refractivity contribution in [3.05, 3.63) is 46.3 Å². The van der Waals surface area contributed by atoms with E-state index in [-0.39, 0.29) is 5.91 Å². The molecule has 0 saturated heterocycles. The Hall–Kier alpha value is -2.77. The van der Waals surface area contributed by atoms with Crippen molar-refractivity contribution in [2.75, 3.05) is 31.0 Å². The number of anilines is 3. The Morgan fingerprint density at radius 1 is 1.19 bits per heavy atom. The molecular weight excluding hydrogens is 434 g/mol. The molecule has 0 unspecified atom stereocenters. The Kier molecular flexibility index (Phi) is 7.41. The van der Waals surface area contributed by atoms with Crippen LogP contribution in [-0.4, -0.2) is 31.7 Å². The van der Waals surface area contributed by atoms with Gasteiger partial charge in [-0.05, 0) is 49.7 Å². The van der Waals surface area contributed by atoms with Gasteiger partial charge < -0.3 is 19.7 Å². The summed E-state index contributed by atoms with van der Waals surface area (Å²) in [5.41, 5.74) is 3.25. The topological polar surface area (TPSA) is 63.7 Å². The minimum atomic E-state index is -0.125. The van der Waals surface area contributed by atoms with Gasteiger partial charge in [0.05, 0.1) is 30.6 Å². The van der Waals surface area contributed by atoms with E-state index < -0.39 is 0 Å². The van der Waals surface area contributed by atoms with E-state index in [9.17, 15) is 4.79 Å². The molecule has 1 amide bonds. The van der Waals surface area contributed by atoms with E-state index in [2.05, 4.69) is 17.1 Å². The van der Waals surface area contributed by atoms with Crippen LogP contribution in [0.4, 0.5) is 16.5 Å². The predicted molar refractivity (Wildman–Crippen MR) is 128 cm³/mol. The minimum absolute atomic E-state index is 0.125. The highest BCUT2D eigenvalue weighted by atomic mass is 35.5. The number of amides is 1. The van der Waals surface area contributed by atoms with Crippen molar-refractivity contribution < 1.29 is 14.3 Å². The van der Waals surface area contributed by atoms with Gasteiger partial charge in [-0.1, -0.05) is 18.5 Å². The number of thiazole rings is 1. The lowest BCUT2D eigenvalue weighted by molar-refractivity contribution is -0.114. The molecule has 0 aliphatic rings. The first-order valence-corrected chi connectivity index (χ1v) is 11.1. The number of ether oxygens (including phenoxy) is 2. The van der Waals surface area contributed by atoms with Gasteiger partial charge in [0.25, 0.3) is 0 Å². The summed E-state index contributed by atoms with van der Waals surface area (Å²) in [7, 11) is 3.25. The van der Waals surface area contributed by atoms with Crippen molar-refractivity contribution in [2.24, 2.45) is 0 Å². The van der Waals surface area contributed by atoms with Gasteiger partial charge >= 0.3 is 0 Å². The number of aryl methyl sites for hydroxylation is 1. The molecule has 2 aromatic carbocycles. The summed E-state index contributed by atoms with van der Waals surface area (Å²) in [5, 5.41) is 4.26. The van der Waals surface area contributed by atoms with Crippen LogP contribution in [0.3, 0.4) is 0 Å². The van der Waals surface area contributed by atoms with Crippen LogP contribution < -0.4 is 19.7 Å². The zero-order chi connectivity index (χ0) is 22.5. The number of carbonyl (C=O) groups excluding carboxylic acids is 1. The second-order valence-corrected chi connectivity index (χ2v) is 8.56. The molecule has 0 saturated carbocycles. The molecule has 1 aromatic heterocycles. The molecule has 164 valence electrons. The standard InChI is InChI=1S/C23H26ClN3O3S/c1-6-11-27(20-12-16(25-15(3)28)7-10-21(20)30-5)23-26-22(14(2)31-23)18-9-8-17(29-4)13-19(18)24/h7-10,12-13H,6,11H2,1-5H3,(H,25,28). The van der Waals surface area contributed by atoms with Crippen molar-refractivity contribution >= 4 is 45.4 Å². The zero-order valence-electron chi connectivity index (χ0n) is 18.3. The molecule has 0 spiro atoms. The molecule has 8 heteroatoms. The fraction of sp³-hybridized carbons (Fsp3) is 0.304. The molecule has 0 aliphatic carbocycles. The Labute approximate surface area is 191 Å². The molecule has 1 N–H and O–H groups in total. The molecular formula is C23H26ClN3O3S. The molecule has 0 aliphatic heterocycles. The van der Waals surface area contributed by atoms with E-state index in [1.807, 2.05) is 37.3 Å². The second-order valence-electron chi connectivity index (χ2n) is 6.97. The second kappa shape index (κ2) is 10.0. The van der Waals surface area contributed by atoms with Gasteiger partial charge in [-0.3, -0.25) is 4.79 Å². The highest BCUT2D eigenvalue weighted by Gasteiger charge is 2.21. The molecule has 31 heavy (non-hydrogen) atoms. The summed E-state index contributed by atoms with van der Waals surface area (Å²) in [6, 6.07) is 11.2. The largest absolute Gasteiger partial charge is 0.497 e. The Morgan fingerprint density at radius 3 is 2.58 bits per heavy atom. The Balaban J connectivity index is 2.07. The van der Waals surface area contributed by atoms with Gasteiger partial charge in [-0.25, -0.2) is 4.98 Å². The minimum Gasteiger partial charge on any atom is -0.497 e. The number of nitrogens with zero attached hydrogens (tertiary/aromatic N) is 2. The highest BCUT2D eigenvalue weighted by molar-refractivity contribution is 7.16. The Morgan fingerprint density at radius 2 is 1.97 bits per heavy atom. The zero-order valence-corrected chi connectivity index (χ0v) is 19.9. The number of rotatable bonds is 8. The Bertz CT molecular complexity index is 1080. The number of aromatic nitrogens is 1. The van der Waals surface area contributed by atoms with Crippen molar-refractivity contribution in [1.82, 2.24) is 4.98 Å². The van der Waals surface area contributed by atoms with Crippen molar-refractivity contribution in [1.29, 1.82) is 0 Å². The van der Waals surface area contributed by atoms with E-state index in [4.69, 9.17) is 26.1 Å². The number of methoxy groups -OCH3 is 2. The van der Waals surface area contributed by atoms with Gasteiger partial charge in [0.1, 0.15) is 11.5 Å². The maximum Gasteiger partial charge on any atom is 0.221 e. The van der Waals surface area contributed by atoms with Gasteiger partial charge in [-0.15, -0.1) is 11.3 Å². The summed E-state index contributed by atoms with van der Waals surface area (Å²) < 4.78 is 10.9. The SMILES string of the molecule is CCCN(c1nc(-c2ccc(OC)cc2Cl)c(C)s1)c1cc(NC(C)=O)ccc1OC. The number of benzene rings is 2. The number of hydrogen-bond donors (Lipinski definition) is 1. The number of hydrogen-bond acceptors (Lipinski definition) is 6. The van der Waals surface area contributed by atoms with Crippen molar-refractivity contribution in [3.63, 3.8) is 0 Å². The first-order valence-electron chi connectivity index (χ1n) is 9.92. The molecule has 3 rings (SSSR count). The normalized spacial score (nSPS) is 10.6. The lowest BCUT2D eigenvalue weighted by Gasteiger charge is -2.24. The van der Waals surface area contributed by atoms with E-state index in [1.165, 1.54) is 6.92 Å². The average Bonchev–Trinajstić information content (AvgIpc) is 3.12. The fourth-order valence-corrected chi connectivity index (χ4v) is 4.51. The maximum atomic E-state index is 11.5. The lowest BCUT2D eigenvalue weighted by atomic mass is 10.1. The van der Waals surface area contributed by atoms with Crippen molar-refractivity contribution in [3.8, 4) is 22.8 Å². The molecule has 0 fully saturated rings. The monoisotopic (exact) mass is 459 g/mol. The average molecular weight is 460 g/mol.